The Morgan fingerprint density at radius 2 is 1.86 bits per heavy atom. The summed E-state index contributed by atoms with van der Waals surface area (Å²) in [6, 6.07) is 4.50. The second-order valence-electron chi connectivity index (χ2n) is 9.80. The molecule has 3 rings (SSSR count). The number of hydrogen-bond donors (Lipinski definition) is 3. The fourth-order valence-corrected chi connectivity index (χ4v) is 5.06. The Labute approximate surface area is 212 Å². The molecule has 1 aliphatic heterocycles. The first-order valence-corrected chi connectivity index (χ1v) is 13.7. The van der Waals surface area contributed by atoms with Crippen LogP contribution in [0, 0.1) is 17.1 Å². The maximum absolute atomic E-state index is 9.27. The second kappa shape index (κ2) is 14.0. The molecule has 1 aromatic heterocycles. The van der Waals surface area contributed by atoms with Crippen molar-refractivity contribution in [1.82, 2.24) is 15.3 Å². The lowest BCUT2D eigenvalue weighted by Gasteiger charge is -2.26. The zero-order chi connectivity index (χ0) is 25.0. The van der Waals surface area contributed by atoms with E-state index >= 15 is 0 Å². The number of anilines is 2. The first kappa shape index (κ1) is 26.9. The Morgan fingerprint density at radius 1 is 1.06 bits per heavy atom. The van der Waals surface area contributed by atoms with Crippen LogP contribution < -0.4 is 16.0 Å². The number of nitrogens with one attached hydrogen (secondary N) is 3. The monoisotopic (exact) mass is 474 g/mol. The second-order valence-corrected chi connectivity index (χ2v) is 9.80. The molecular weight excluding hydrogens is 431 g/mol. The average molecular weight is 475 g/mol. The molecule has 2 aromatic rings. The van der Waals surface area contributed by atoms with Gasteiger partial charge in [0.25, 0.3) is 6.71 Å². The summed E-state index contributed by atoms with van der Waals surface area (Å²) in [5.41, 5.74) is 4.78. The van der Waals surface area contributed by atoms with Crippen LogP contribution in [0.25, 0.3) is 10.9 Å². The van der Waals surface area contributed by atoms with E-state index in [1.54, 1.807) is 0 Å². The Bertz CT molecular complexity index is 1010. The molecule has 1 saturated heterocycles. The fourth-order valence-electron chi connectivity index (χ4n) is 5.06. The largest absolute Gasteiger partial charge is 0.387 e. The summed E-state index contributed by atoms with van der Waals surface area (Å²) in [4.78, 5) is 9.71. The molecule has 0 aliphatic carbocycles. The molecule has 0 amide bonds. The molecule has 3 N–H and O–H groups in total. The molecule has 1 unspecified atom stereocenters. The Kier molecular flexibility index (Phi) is 10.7. The molecule has 0 saturated carbocycles. The molecule has 2 heterocycles. The van der Waals surface area contributed by atoms with E-state index in [-0.39, 0.29) is 6.71 Å². The van der Waals surface area contributed by atoms with Gasteiger partial charge in [0.2, 0.25) is 5.95 Å². The molecule has 1 aliphatic rings. The van der Waals surface area contributed by atoms with Gasteiger partial charge in [0, 0.05) is 36.7 Å². The van der Waals surface area contributed by atoms with E-state index in [1.807, 2.05) is 0 Å². The van der Waals surface area contributed by atoms with Crippen LogP contribution in [0.1, 0.15) is 70.4 Å². The van der Waals surface area contributed by atoms with Gasteiger partial charge < -0.3 is 16.0 Å². The Balaban J connectivity index is 1.67. The number of fused-ring (bicyclic) bond motifs is 1. The van der Waals surface area contributed by atoms with Crippen LogP contribution in [-0.4, -0.2) is 36.3 Å². The predicted molar refractivity (Wildman–Crippen MR) is 150 cm³/mol. The van der Waals surface area contributed by atoms with Gasteiger partial charge in [-0.15, -0.1) is 0 Å². The van der Waals surface area contributed by atoms with E-state index in [0.717, 1.165) is 86.8 Å². The molecule has 188 valence electrons. The van der Waals surface area contributed by atoms with Crippen molar-refractivity contribution >= 4 is 29.4 Å². The first-order chi connectivity index (χ1) is 17.1. The number of unbranched alkanes of at least 4 members (excludes halogenated alkanes) is 3. The van der Waals surface area contributed by atoms with Gasteiger partial charge >= 0.3 is 0 Å². The smallest absolute Gasteiger partial charge is 0.268 e. The summed E-state index contributed by atoms with van der Waals surface area (Å²) in [6.07, 6.45) is 11.1. The normalized spacial score (nSPS) is 15.6. The van der Waals surface area contributed by atoms with Gasteiger partial charge in [0.1, 0.15) is 5.82 Å². The lowest BCUT2D eigenvalue weighted by molar-refractivity contribution is 0.534. The minimum Gasteiger partial charge on any atom is -0.387 e. The summed E-state index contributed by atoms with van der Waals surface area (Å²) in [5.74, 6) is 4.43. The van der Waals surface area contributed by atoms with Crippen molar-refractivity contribution in [2.24, 2.45) is 5.92 Å². The number of aryl methyl sites for hydroxylation is 2. The molecule has 0 bridgehead atoms. The number of allylic oxidation sites excluding steroid dienone is 1. The van der Waals surface area contributed by atoms with Crippen molar-refractivity contribution < 1.29 is 0 Å². The molecule has 6 nitrogen and oxygen atoms in total. The van der Waals surface area contributed by atoms with Crippen LogP contribution in [0.4, 0.5) is 11.8 Å². The van der Waals surface area contributed by atoms with Gasteiger partial charge in [-0.1, -0.05) is 65.7 Å². The SMILES string of the molecule is C=C(NCCNc1nc(NCCCCCC)nc2cc(CC)c(CC)cc12)C1CCCB(C#N)C1. The molecule has 1 fully saturated rings. The third-order valence-electron chi connectivity index (χ3n) is 7.21. The van der Waals surface area contributed by atoms with E-state index < -0.39 is 0 Å². The number of nitrogens with zero attached hydrogens (tertiary/aromatic N) is 3. The van der Waals surface area contributed by atoms with E-state index in [4.69, 9.17) is 9.97 Å². The zero-order valence-electron chi connectivity index (χ0n) is 22.1. The number of benzene rings is 1. The van der Waals surface area contributed by atoms with Crippen molar-refractivity contribution in [3.05, 3.63) is 35.5 Å². The molecule has 0 spiro atoms. The number of nitriles is 1. The quantitative estimate of drug-likeness (QED) is 0.222. The Hall–Kier alpha value is -2.75. The minimum atomic E-state index is 0.173. The van der Waals surface area contributed by atoms with Crippen LogP contribution in [0.3, 0.4) is 0 Å². The standard InChI is InChI=1S/C28H43BN6/c1-5-8-9-10-14-33-28-34-26-18-23(7-3)22(6-2)17-25(26)27(35-28)32-16-15-31-21(4)24-12-11-13-29(19-24)20-30/h17-18,24,31H,4-16,19H2,1-3H3,(H2,32,33,34,35). The summed E-state index contributed by atoms with van der Waals surface area (Å²) in [6.45, 7) is 13.5. The highest BCUT2D eigenvalue weighted by atomic mass is 15.1. The van der Waals surface area contributed by atoms with E-state index in [9.17, 15) is 5.26 Å². The summed E-state index contributed by atoms with van der Waals surface area (Å²) in [5, 5.41) is 20.9. The molecule has 35 heavy (non-hydrogen) atoms. The maximum Gasteiger partial charge on any atom is 0.268 e. The topological polar surface area (TPSA) is 85.7 Å². The molecule has 1 aromatic carbocycles. The van der Waals surface area contributed by atoms with E-state index in [2.05, 4.69) is 61.4 Å². The van der Waals surface area contributed by atoms with Gasteiger partial charge in [-0.3, -0.25) is 0 Å². The fraction of sp³-hybridized carbons (Fsp3) is 0.607. The highest BCUT2D eigenvalue weighted by Crippen LogP contribution is 2.29. The van der Waals surface area contributed by atoms with Crippen molar-refractivity contribution in [1.29, 1.82) is 5.26 Å². The van der Waals surface area contributed by atoms with Gasteiger partial charge in [0.05, 0.1) is 5.52 Å². The van der Waals surface area contributed by atoms with Gasteiger partial charge in [0.15, 0.2) is 0 Å². The summed E-state index contributed by atoms with van der Waals surface area (Å²) < 4.78 is 0. The van der Waals surface area contributed by atoms with Crippen molar-refractivity contribution in [3.63, 3.8) is 0 Å². The molecule has 0 radical (unpaired) electrons. The van der Waals surface area contributed by atoms with Gasteiger partial charge in [-0.2, -0.15) is 4.98 Å². The Morgan fingerprint density at radius 3 is 2.60 bits per heavy atom. The molecular formula is C28H43BN6. The number of rotatable bonds is 14. The molecule has 1 atom stereocenters. The highest BCUT2D eigenvalue weighted by Gasteiger charge is 2.26. The van der Waals surface area contributed by atoms with Crippen LogP contribution in [-0.2, 0) is 12.8 Å². The lowest BCUT2D eigenvalue weighted by atomic mass is 9.41. The maximum atomic E-state index is 9.27. The van der Waals surface area contributed by atoms with Crippen LogP contribution in [0.2, 0.25) is 12.6 Å². The van der Waals surface area contributed by atoms with Crippen molar-refractivity contribution in [2.45, 2.75) is 84.8 Å². The van der Waals surface area contributed by atoms with E-state index in [0.29, 0.717) is 11.9 Å². The number of aromatic nitrogens is 2. The minimum absolute atomic E-state index is 0.173. The van der Waals surface area contributed by atoms with E-state index in [1.165, 1.54) is 30.4 Å². The lowest BCUT2D eigenvalue weighted by Crippen LogP contribution is -2.30. The van der Waals surface area contributed by atoms with Gasteiger partial charge in [-0.05, 0) is 54.9 Å². The van der Waals surface area contributed by atoms with Crippen LogP contribution >= 0.6 is 0 Å². The molecule has 7 heteroatoms. The third-order valence-corrected chi connectivity index (χ3v) is 7.21. The van der Waals surface area contributed by atoms with Gasteiger partial charge in [-0.25, -0.2) is 10.2 Å². The third kappa shape index (κ3) is 7.62. The zero-order valence-corrected chi connectivity index (χ0v) is 22.1. The van der Waals surface area contributed by atoms with Crippen LogP contribution in [0.5, 0.6) is 0 Å². The van der Waals surface area contributed by atoms with Crippen molar-refractivity contribution in [2.75, 3.05) is 30.3 Å². The highest BCUT2D eigenvalue weighted by molar-refractivity contribution is 6.67. The van der Waals surface area contributed by atoms with Crippen molar-refractivity contribution in [3.8, 4) is 5.97 Å². The summed E-state index contributed by atoms with van der Waals surface area (Å²) >= 11 is 0. The average Bonchev–Trinajstić information content (AvgIpc) is 2.89. The number of hydrogen-bond acceptors (Lipinski definition) is 6. The summed E-state index contributed by atoms with van der Waals surface area (Å²) in [7, 11) is 0. The first-order valence-electron chi connectivity index (χ1n) is 13.7. The van der Waals surface area contributed by atoms with Crippen LogP contribution in [0.15, 0.2) is 24.4 Å². The predicted octanol–water partition coefficient (Wildman–Crippen LogP) is 6.23.